The van der Waals surface area contributed by atoms with Crippen molar-refractivity contribution in [2.75, 3.05) is 14.1 Å². The van der Waals surface area contributed by atoms with Gasteiger partial charge in [-0.2, -0.15) is 0 Å². The highest BCUT2D eigenvalue weighted by Gasteiger charge is 2.09. The van der Waals surface area contributed by atoms with Crippen molar-refractivity contribution in [3.63, 3.8) is 0 Å². The van der Waals surface area contributed by atoms with E-state index in [0.717, 1.165) is 17.7 Å². The molecule has 0 saturated carbocycles. The van der Waals surface area contributed by atoms with Crippen molar-refractivity contribution in [3.05, 3.63) is 58.4 Å². The molecule has 0 N–H and O–H groups in total. The van der Waals surface area contributed by atoms with E-state index >= 15 is 0 Å². The summed E-state index contributed by atoms with van der Waals surface area (Å²) in [6.45, 7) is 6.60. The minimum absolute atomic E-state index is 0.266. The highest BCUT2D eigenvalue weighted by molar-refractivity contribution is 6.34. The van der Waals surface area contributed by atoms with Crippen LogP contribution in [-0.4, -0.2) is 19.0 Å². The van der Waals surface area contributed by atoms with Crippen molar-refractivity contribution in [2.45, 2.75) is 27.3 Å². The van der Waals surface area contributed by atoms with Crippen LogP contribution in [0, 0.1) is 12.7 Å². The Morgan fingerprint density at radius 1 is 1.00 bits per heavy atom. The van der Waals surface area contributed by atoms with Gasteiger partial charge in [0.05, 0.1) is 5.02 Å². The summed E-state index contributed by atoms with van der Waals surface area (Å²) in [4.78, 5) is 2.12. The Hall–Kier alpha value is -1.38. The molecule has 2 aromatic carbocycles. The van der Waals surface area contributed by atoms with Crippen molar-refractivity contribution in [1.29, 1.82) is 0 Å². The summed E-state index contributed by atoms with van der Waals surface area (Å²) in [6.07, 6.45) is 0. The van der Waals surface area contributed by atoms with E-state index in [-0.39, 0.29) is 5.82 Å². The number of rotatable bonds is 3. The third-order valence-electron chi connectivity index (χ3n) is 3.08. The monoisotopic (exact) mass is 307 g/mol. The molecule has 0 fully saturated rings. The molecule has 21 heavy (non-hydrogen) atoms. The van der Waals surface area contributed by atoms with Crippen LogP contribution in [0.1, 0.15) is 25.0 Å². The second kappa shape index (κ2) is 8.16. The molecule has 0 aliphatic carbocycles. The summed E-state index contributed by atoms with van der Waals surface area (Å²) < 4.78 is 13.4. The van der Waals surface area contributed by atoms with E-state index in [0.29, 0.717) is 10.6 Å². The molecule has 0 amide bonds. The van der Waals surface area contributed by atoms with Gasteiger partial charge < -0.3 is 4.90 Å². The molecule has 2 aromatic rings. The second-order valence-corrected chi connectivity index (χ2v) is 5.35. The molecule has 3 heteroatoms. The summed E-state index contributed by atoms with van der Waals surface area (Å²) >= 11 is 6.21. The first kappa shape index (κ1) is 17.7. The van der Waals surface area contributed by atoms with E-state index in [1.165, 1.54) is 11.6 Å². The molecule has 0 unspecified atom stereocenters. The van der Waals surface area contributed by atoms with E-state index in [1.807, 2.05) is 40.1 Å². The fraction of sp³-hybridized carbons (Fsp3) is 0.333. The van der Waals surface area contributed by atoms with Gasteiger partial charge in [0, 0.05) is 17.7 Å². The molecular weight excluding hydrogens is 285 g/mol. The maximum atomic E-state index is 13.4. The van der Waals surface area contributed by atoms with Crippen LogP contribution in [0.3, 0.4) is 0 Å². The predicted molar refractivity (Wildman–Crippen MR) is 90.3 cm³/mol. The van der Waals surface area contributed by atoms with Crippen LogP contribution >= 0.6 is 11.6 Å². The number of halogens is 2. The van der Waals surface area contributed by atoms with Crippen LogP contribution in [-0.2, 0) is 6.54 Å². The van der Waals surface area contributed by atoms with E-state index < -0.39 is 0 Å². The van der Waals surface area contributed by atoms with Crippen LogP contribution < -0.4 is 0 Å². The molecular formula is C18H23ClFN. The number of benzene rings is 2. The minimum atomic E-state index is -0.266. The quantitative estimate of drug-likeness (QED) is 0.719. The predicted octanol–water partition coefficient (Wildman–Crippen LogP) is 5.54. The van der Waals surface area contributed by atoms with Gasteiger partial charge in [-0.05, 0) is 44.3 Å². The van der Waals surface area contributed by atoms with Crippen molar-refractivity contribution in [2.24, 2.45) is 0 Å². The third kappa shape index (κ3) is 4.55. The molecule has 0 atom stereocenters. The Morgan fingerprint density at radius 3 is 2.10 bits per heavy atom. The van der Waals surface area contributed by atoms with Gasteiger partial charge >= 0.3 is 0 Å². The lowest BCUT2D eigenvalue weighted by atomic mass is 10.0. The Bertz CT molecular complexity index is 577. The zero-order valence-electron chi connectivity index (χ0n) is 13.4. The van der Waals surface area contributed by atoms with E-state index in [2.05, 4.69) is 17.0 Å². The van der Waals surface area contributed by atoms with Crippen LogP contribution in [0.5, 0.6) is 0 Å². The molecule has 114 valence electrons. The molecule has 0 spiro atoms. The van der Waals surface area contributed by atoms with E-state index in [1.54, 1.807) is 13.0 Å². The molecule has 1 nitrogen and oxygen atoms in total. The molecule has 0 radical (unpaired) electrons. The van der Waals surface area contributed by atoms with Crippen molar-refractivity contribution >= 4 is 11.6 Å². The van der Waals surface area contributed by atoms with Crippen molar-refractivity contribution < 1.29 is 4.39 Å². The van der Waals surface area contributed by atoms with Gasteiger partial charge in [0.15, 0.2) is 0 Å². The van der Waals surface area contributed by atoms with Gasteiger partial charge in [-0.15, -0.1) is 0 Å². The first-order chi connectivity index (χ1) is 9.99. The smallest absolute Gasteiger partial charge is 0.127 e. The second-order valence-electron chi connectivity index (χ2n) is 4.97. The number of hydrogen-bond acceptors (Lipinski definition) is 1. The van der Waals surface area contributed by atoms with Gasteiger partial charge in [-0.1, -0.05) is 49.7 Å². The summed E-state index contributed by atoms with van der Waals surface area (Å²) in [5.41, 5.74) is 3.62. The van der Waals surface area contributed by atoms with Crippen LogP contribution in [0.25, 0.3) is 11.1 Å². The maximum absolute atomic E-state index is 13.4. The average molecular weight is 308 g/mol. The van der Waals surface area contributed by atoms with Crippen molar-refractivity contribution in [1.82, 2.24) is 4.90 Å². The first-order valence-electron chi connectivity index (χ1n) is 7.17. The lowest BCUT2D eigenvalue weighted by Gasteiger charge is -2.11. The highest BCUT2D eigenvalue weighted by atomic mass is 35.5. The van der Waals surface area contributed by atoms with Gasteiger partial charge in [-0.25, -0.2) is 4.39 Å². The number of hydrogen-bond donors (Lipinski definition) is 0. The van der Waals surface area contributed by atoms with E-state index in [4.69, 9.17) is 11.6 Å². The topological polar surface area (TPSA) is 3.24 Å². The molecule has 0 heterocycles. The lowest BCUT2D eigenvalue weighted by Crippen LogP contribution is -2.10. The Morgan fingerprint density at radius 2 is 1.57 bits per heavy atom. The fourth-order valence-electron chi connectivity index (χ4n) is 2.04. The minimum Gasteiger partial charge on any atom is -0.305 e. The van der Waals surface area contributed by atoms with Crippen molar-refractivity contribution in [3.8, 4) is 11.1 Å². The zero-order valence-corrected chi connectivity index (χ0v) is 14.1. The van der Waals surface area contributed by atoms with Gasteiger partial charge in [-0.3, -0.25) is 0 Å². The van der Waals surface area contributed by atoms with Crippen LogP contribution in [0.4, 0.5) is 4.39 Å². The van der Waals surface area contributed by atoms with Crippen LogP contribution in [0.15, 0.2) is 36.4 Å². The molecule has 0 bridgehead atoms. The molecule has 0 aliphatic rings. The normalized spacial score (nSPS) is 10.3. The summed E-state index contributed by atoms with van der Waals surface area (Å²) in [7, 11) is 4.07. The van der Waals surface area contributed by atoms with Crippen LogP contribution in [0.2, 0.25) is 5.02 Å². The Kier molecular flexibility index (Phi) is 6.86. The third-order valence-corrected chi connectivity index (χ3v) is 3.57. The molecule has 2 rings (SSSR count). The first-order valence-corrected chi connectivity index (χ1v) is 7.55. The summed E-state index contributed by atoms with van der Waals surface area (Å²) in [5, 5.41) is 0.486. The molecule has 0 aliphatic heterocycles. The largest absolute Gasteiger partial charge is 0.305 e. The average Bonchev–Trinajstić information content (AvgIpc) is 2.48. The maximum Gasteiger partial charge on any atom is 0.127 e. The lowest BCUT2D eigenvalue weighted by molar-refractivity contribution is 0.402. The van der Waals surface area contributed by atoms with Gasteiger partial charge in [0.25, 0.3) is 0 Å². The van der Waals surface area contributed by atoms with E-state index in [9.17, 15) is 4.39 Å². The van der Waals surface area contributed by atoms with Gasteiger partial charge in [0.1, 0.15) is 5.82 Å². The zero-order chi connectivity index (χ0) is 16.0. The Balaban J connectivity index is 0.00000106. The molecule has 0 aromatic heterocycles. The highest BCUT2D eigenvalue weighted by Crippen LogP contribution is 2.31. The molecule has 0 saturated heterocycles. The Labute approximate surface area is 132 Å². The van der Waals surface area contributed by atoms with Gasteiger partial charge in [0.2, 0.25) is 0 Å². The summed E-state index contributed by atoms with van der Waals surface area (Å²) in [5.74, 6) is -0.266. The fourth-order valence-corrected chi connectivity index (χ4v) is 2.30. The SMILES string of the molecule is CC.Cc1c(F)ccc(-c2ccc(CN(C)C)cc2)c1Cl. The summed E-state index contributed by atoms with van der Waals surface area (Å²) in [6, 6.07) is 11.4. The number of nitrogens with zero attached hydrogens (tertiary/aromatic N) is 1. The standard InChI is InChI=1S/C16H17ClFN.C2H6/c1-11-15(18)9-8-14(16(11)17)13-6-4-12(5-7-13)10-19(2)3;1-2/h4-9H,10H2,1-3H3;1-2H3.